The summed E-state index contributed by atoms with van der Waals surface area (Å²) < 4.78 is 12.0. The second-order valence-electron chi connectivity index (χ2n) is 5.87. The predicted molar refractivity (Wildman–Crippen MR) is 83.0 cm³/mol. The monoisotopic (exact) mass is 293 g/mol. The molecule has 1 atom stereocenters. The van der Waals surface area contributed by atoms with E-state index in [2.05, 4.69) is 31.3 Å². The highest BCUT2D eigenvalue weighted by molar-refractivity contribution is 7.84. The second-order valence-corrected chi connectivity index (χ2v) is 7.33. The first-order valence-corrected chi connectivity index (χ1v) is 8.74. The summed E-state index contributed by atoms with van der Waals surface area (Å²) in [5, 5.41) is 2.85. The topological polar surface area (TPSA) is 46.2 Å². The van der Waals surface area contributed by atoms with Crippen LogP contribution in [0.5, 0.6) is 0 Å². The van der Waals surface area contributed by atoms with E-state index in [1.165, 1.54) is 18.4 Å². The minimum Gasteiger partial charge on any atom is -0.355 e. The Labute approximate surface area is 123 Å². The van der Waals surface area contributed by atoms with Crippen LogP contribution < -0.4 is 5.32 Å². The molecule has 0 heterocycles. The largest absolute Gasteiger partial charge is 0.355 e. The van der Waals surface area contributed by atoms with Crippen molar-refractivity contribution in [1.29, 1.82) is 0 Å². The quantitative estimate of drug-likeness (QED) is 0.840. The zero-order valence-electron chi connectivity index (χ0n) is 12.2. The molecule has 1 fully saturated rings. The molecule has 1 aromatic rings. The normalized spacial score (nSPS) is 16.1. The third-order valence-corrected chi connectivity index (χ3v) is 4.79. The molecule has 1 aliphatic rings. The molecule has 0 bridgehead atoms. The maximum absolute atomic E-state index is 12.0. The zero-order valence-corrected chi connectivity index (χ0v) is 13.0. The van der Waals surface area contributed by atoms with Gasteiger partial charge in [-0.2, -0.15) is 0 Å². The molecule has 2 rings (SSSR count). The molecule has 20 heavy (non-hydrogen) atoms. The molecule has 1 amide bonds. The highest BCUT2D eigenvalue weighted by Crippen LogP contribution is 2.27. The molecular formula is C16H23NO2S. The van der Waals surface area contributed by atoms with Crippen molar-refractivity contribution >= 4 is 16.7 Å². The zero-order chi connectivity index (χ0) is 14.5. The number of hydrogen-bond acceptors (Lipinski definition) is 2. The summed E-state index contributed by atoms with van der Waals surface area (Å²) in [4.78, 5) is 11.6. The average Bonchev–Trinajstić information content (AvgIpc) is 3.21. The lowest BCUT2D eigenvalue weighted by atomic mass is 10.0. The SMILES string of the molecule is CC(C)c1ccc(C[S@](=O)CC(=O)NCC2CC2)cc1. The van der Waals surface area contributed by atoms with E-state index in [0.29, 0.717) is 17.6 Å². The lowest BCUT2D eigenvalue weighted by molar-refractivity contribution is -0.118. The number of benzene rings is 1. The van der Waals surface area contributed by atoms with Crippen molar-refractivity contribution in [2.45, 2.75) is 38.4 Å². The molecular weight excluding hydrogens is 270 g/mol. The number of amides is 1. The highest BCUT2D eigenvalue weighted by Gasteiger charge is 2.21. The Kier molecular flexibility index (Phi) is 5.35. The summed E-state index contributed by atoms with van der Waals surface area (Å²) in [6.07, 6.45) is 2.43. The van der Waals surface area contributed by atoms with E-state index in [1.807, 2.05) is 12.1 Å². The maximum atomic E-state index is 12.0. The van der Waals surface area contributed by atoms with Crippen LogP contribution in [0, 0.1) is 5.92 Å². The maximum Gasteiger partial charge on any atom is 0.232 e. The van der Waals surface area contributed by atoms with E-state index < -0.39 is 10.8 Å². The summed E-state index contributed by atoms with van der Waals surface area (Å²) in [7, 11) is -1.12. The first-order chi connectivity index (χ1) is 9.54. The molecule has 1 N–H and O–H groups in total. The van der Waals surface area contributed by atoms with Crippen LogP contribution in [0.4, 0.5) is 0 Å². The molecule has 0 spiro atoms. The van der Waals surface area contributed by atoms with Crippen LogP contribution in [0.2, 0.25) is 0 Å². The molecule has 1 aromatic carbocycles. The lowest BCUT2D eigenvalue weighted by Gasteiger charge is -2.07. The number of nitrogens with one attached hydrogen (secondary N) is 1. The Balaban J connectivity index is 1.76. The molecule has 1 aliphatic carbocycles. The van der Waals surface area contributed by atoms with Crippen LogP contribution in [0.15, 0.2) is 24.3 Å². The number of carbonyl (C=O) groups is 1. The summed E-state index contributed by atoms with van der Waals surface area (Å²) in [6, 6.07) is 8.17. The lowest BCUT2D eigenvalue weighted by Crippen LogP contribution is -2.30. The third-order valence-electron chi connectivity index (χ3n) is 3.55. The fourth-order valence-electron chi connectivity index (χ4n) is 2.01. The molecule has 0 saturated heterocycles. The van der Waals surface area contributed by atoms with Crippen LogP contribution in [-0.2, 0) is 21.3 Å². The van der Waals surface area contributed by atoms with Gasteiger partial charge < -0.3 is 5.32 Å². The van der Waals surface area contributed by atoms with E-state index in [9.17, 15) is 9.00 Å². The Bertz CT molecular complexity index is 478. The average molecular weight is 293 g/mol. The molecule has 3 nitrogen and oxygen atoms in total. The molecule has 0 aromatic heterocycles. The van der Waals surface area contributed by atoms with Crippen molar-refractivity contribution in [2.75, 3.05) is 12.3 Å². The Morgan fingerprint density at radius 3 is 2.50 bits per heavy atom. The highest BCUT2D eigenvalue weighted by atomic mass is 32.2. The van der Waals surface area contributed by atoms with Crippen molar-refractivity contribution in [2.24, 2.45) is 5.92 Å². The molecule has 1 saturated carbocycles. The molecule has 110 valence electrons. The number of hydrogen-bond donors (Lipinski definition) is 1. The van der Waals surface area contributed by atoms with Crippen molar-refractivity contribution in [3.63, 3.8) is 0 Å². The van der Waals surface area contributed by atoms with Crippen LogP contribution >= 0.6 is 0 Å². The molecule has 0 aliphatic heterocycles. The standard InChI is InChI=1S/C16H23NO2S/c1-12(2)15-7-5-14(6-8-15)10-20(19)11-16(18)17-9-13-3-4-13/h5-8,12-13H,3-4,9-11H2,1-2H3,(H,17,18)/t20-/m0/s1. The van der Waals surface area contributed by atoms with Gasteiger partial charge in [0.1, 0.15) is 5.75 Å². The number of carbonyl (C=O) groups excluding carboxylic acids is 1. The van der Waals surface area contributed by atoms with Gasteiger partial charge in [-0.3, -0.25) is 9.00 Å². The van der Waals surface area contributed by atoms with Crippen molar-refractivity contribution in [1.82, 2.24) is 5.32 Å². The smallest absolute Gasteiger partial charge is 0.232 e. The van der Waals surface area contributed by atoms with E-state index in [1.54, 1.807) is 0 Å². The van der Waals surface area contributed by atoms with Crippen molar-refractivity contribution < 1.29 is 9.00 Å². The Hall–Kier alpha value is -1.16. The Morgan fingerprint density at radius 2 is 1.95 bits per heavy atom. The summed E-state index contributed by atoms with van der Waals surface area (Å²) >= 11 is 0. The minimum absolute atomic E-state index is 0.0889. The first kappa shape index (κ1) is 15.2. The fourth-order valence-corrected chi connectivity index (χ4v) is 3.07. The van der Waals surface area contributed by atoms with Crippen LogP contribution in [0.3, 0.4) is 0 Å². The van der Waals surface area contributed by atoms with E-state index in [0.717, 1.165) is 12.1 Å². The number of rotatable bonds is 7. The van der Waals surface area contributed by atoms with Gasteiger partial charge in [0, 0.05) is 23.1 Å². The first-order valence-electron chi connectivity index (χ1n) is 7.25. The van der Waals surface area contributed by atoms with E-state index in [4.69, 9.17) is 0 Å². The van der Waals surface area contributed by atoms with E-state index in [-0.39, 0.29) is 11.7 Å². The third kappa shape index (κ3) is 5.08. The predicted octanol–water partition coefficient (Wildman–Crippen LogP) is 2.58. The Morgan fingerprint density at radius 1 is 1.30 bits per heavy atom. The van der Waals surface area contributed by atoms with Gasteiger partial charge in [0.25, 0.3) is 0 Å². The second kappa shape index (κ2) is 7.02. The summed E-state index contributed by atoms with van der Waals surface area (Å²) in [6.45, 7) is 5.05. The van der Waals surface area contributed by atoms with Crippen LogP contribution in [-0.4, -0.2) is 22.4 Å². The van der Waals surface area contributed by atoms with Crippen molar-refractivity contribution in [3.05, 3.63) is 35.4 Å². The van der Waals surface area contributed by atoms with Gasteiger partial charge >= 0.3 is 0 Å². The molecule has 0 radical (unpaired) electrons. The minimum atomic E-state index is -1.12. The van der Waals surface area contributed by atoms with Gasteiger partial charge in [-0.1, -0.05) is 38.1 Å². The summed E-state index contributed by atoms with van der Waals surface area (Å²) in [5.74, 6) is 1.64. The molecule has 4 heteroatoms. The van der Waals surface area contributed by atoms with Gasteiger partial charge in [0.15, 0.2) is 0 Å². The van der Waals surface area contributed by atoms with Crippen LogP contribution in [0.25, 0.3) is 0 Å². The fraction of sp³-hybridized carbons (Fsp3) is 0.562. The molecule has 0 unspecified atom stereocenters. The van der Waals surface area contributed by atoms with Crippen LogP contribution in [0.1, 0.15) is 43.7 Å². The summed E-state index contributed by atoms with van der Waals surface area (Å²) in [5.41, 5.74) is 2.31. The van der Waals surface area contributed by atoms with Gasteiger partial charge in [-0.05, 0) is 35.8 Å². The van der Waals surface area contributed by atoms with Gasteiger partial charge in [0.05, 0.1) is 0 Å². The van der Waals surface area contributed by atoms with Gasteiger partial charge in [-0.25, -0.2) is 0 Å². The van der Waals surface area contributed by atoms with Crippen molar-refractivity contribution in [3.8, 4) is 0 Å². The van der Waals surface area contributed by atoms with Gasteiger partial charge in [-0.15, -0.1) is 0 Å². The van der Waals surface area contributed by atoms with E-state index >= 15 is 0 Å². The van der Waals surface area contributed by atoms with Gasteiger partial charge in [0.2, 0.25) is 5.91 Å².